The van der Waals surface area contributed by atoms with Crippen LogP contribution < -0.4 is 14.8 Å². The Morgan fingerprint density at radius 3 is 2.68 bits per heavy atom. The van der Waals surface area contributed by atoms with Crippen LogP contribution in [0.4, 0.5) is 11.5 Å². The number of methoxy groups -OCH3 is 1. The molecule has 0 radical (unpaired) electrons. The number of aromatic nitrogens is 2. The number of nitrogens with zero attached hydrogens (tertiary/aromatic N) is 3. The van der Waals surface area contributed by atoms with Gasteiger partial charge in [0.1, 0.15) is 36.0 Å². The second-order valence-corrected chi connectivity index (χ2v) is 10.1. The molecule has 0 bridgehead atoms. The normalized spacial score (nSPS) is 13.8. The summed E-state index contributed by atoms with van der Waals surface area (Å²) in [5.41, 5.74) is 2.86. The molecule has 0 atom stereocenters. The van der Waals surface area contributed by atoms with Crippen LogP contribution in [-0.4, -0.2) is 35.1 Å². The van der Waals surface area contributed by atoms with Gasteiger partial charge in [-0.15, -0.1) is 11.3 Å². The number of fused-ring (bicyclic) bond motifs is 1. The van der Waals surface area contributed by atoms with Crippen LogP contribution in [0, 0.1) is 0 Å². The van der Waals surface area contributed by atoms with Crippen LogP contribution in [0.2, 0.25) is 0 Å². The van der Waals surface area contributed by atoms with E-state index in [2.05, 4.69) is 38.4 Å². The Morgan fingerprint density at radius 2 is 1.84 bits per heavy atom. The fraction of sp³-hybridized carbons (Fsp3) is 0.241. The van der Waals surface area contributed by atoms with Gasteiger partial charge < -0.3 is 19.2 Å². The molecular weight excluding hydrogens is 484 g/mol. The largest absolute Gasteiger partial charge is 0.497 e. The van der Waals surface area contributed by atoms with Crippen LogP contribution in [0.25, 0.3) is 20.9 Å². The van der Waals surface area contributed by atoms with Gasteiger partial charge >= 0.3 is 0 Å². The van der Waals surface area contributed by atoms with Crippen LogP contribution in [-0.2, 0) is 13.2 Å². The van der Waals surface area contributed by atoms with Crippen molar-refractivity contribution in [2.45, 2.75) is 26.0 Å². The molecule has 4 heterocycles. The quantitative estimate of drug-likeness (QED) is 0.231. The average molecular weight is 513 g/mol. The first-order valence-electron chi connectivity index (χ1n) is 12.4. The molecular formula is C29H28N4O3S. The van der Waals surface area contributed by atoms with Crippen molar-refractivity contribution in [1.29, 1.82) is 0 Å². The Hall–Kier alpha value is -3.88. The van der Waals surface area contributed by atoms with Gasteiger partial charge in [0, 0.05) is 11.8 Å². The number of thiophene rings is 1. The molecule has 3 aromatic heterocycles. The lowest BCUT2D eigenvalue weighted by Crippen LogP contribution is -2.17. The molecule has 0 amide bonds. The second-order valence-electron chi connectivity index (χ2n) is 9.09. The van der Waals surface area contributed by atoms with Crippen molar-refractivity contribution in [2.24, 2.45) is 0 Å². The van der Waals surface area contributed by atoms with Crippen LogP contribution in [0.5, 0.6) is 11.5 Å². The Balaban J connectivity index is 1.16. The molecule has 0 saturated carbocycles. The lowest BCUT2D eigenvalue weighted by molar-refractivity contribution is 0.299. The number of benzene rings is 2. The molecule has 7 nitrogen and oxygen atoms in total. The molecule has 1 aliphatic rings. The predicted molar refractivity (Wildman–Crippen MR) is 147 cm³/mol. The summed E-state index contributed by atoms with van der Waals surface area (Å²) < 4.78 is 18.4. The molecule has 8 heteroatoms. The number of nitrogens with one attached hydrogen (secondary N) is 1. The number of ether oxygens (including phenoxy) is 2. The monoisotopic (exact) mass is 512 g/mol. The predicted octanol–water partition coefficient (Wildman–Crippen LogP) is 6.88. The van der Waals surface area contributed by atoms with Crippen molar-refractivity contribution in [1.82, 2.24) is 14.9 Å². The number of rotatable bonds is 9. The van der Waals surface area contributed by atoms with E-state index in [0.29, 0.717) is 6.61 Å². The standard InChI is InChI=1S/C29H28N4O3S/c1-34-22-9-7-20(8-10-22)18-35-23-6-4-5-21(15-23)32-29-28-25(30-19-31-29)16-27(37-28)26-12-11-24(36-26)17-33-13-2-3-14-33/h4-12,15-16,19H,2-3,13-14,17-18H2,1H3,(H,30,31,32). The van der Waals surface area contributed by atoms with E-state index in [4.69, 9.17) is 13.9 Å². The van der Waals surface area contributed by atoms with Crippen molar-refractivity contribution in [3.8, 4) is 22.1 Å². The lowest BCUT2D eigenvalue weighted by atomic mass is 10.2. The second kappa shape index (κ2) is 10.6. The van der Waals surface area contributed by atoms with Crippen molar-refractivity contribution in [3.05, 3.63) is 84.4 Å². The first-order chi connectivity index (χ1) is 18.2. The summed E-state index contributed by atoms with van der Waals surface area (Å²) >= 11 is 1.63. The van der Waals surface area contributed by atoms with E-state index in [9.17, 15) is 0 Å². The minimum Gasteiger partial charge on any atom is -0.497 e. The molecule has 1 aliphatic heterocycles. The molecule has 0 aliphatic carbocycles. The molecule has 1 fully saturated rings. The van der Waals surface area contributed by atoms with Crippen LogP contribution >= 0.6 is 11.3 Å². The fourth-order valence-corrected chi connectivity index (χ4v) is 5.53. The maximum absolute atomic E-state index is 6.19. The summed E-state index contributed by atoms with van der Waals surface area (Å²) in [7, 11) is 1.66. The average Bonchev–Trinajstić information content (AvgIpc) is 3.70. The first-order valence-corrected chi connectivity index (χ1v) is 13.2. The number of likely N-dealkylation sites (tertiary alicyclic amines) is 1. The minimum atomic E-state index is 0.475. The van der Waals surface area contributed by atoms with Crippen LogP contribution in [0.1, 0.15) is 24.2 Å². The smallest absolute Gasteiger partial charge is 0.151 e. The van der Waals surface area contributed by atoms with Gasteiger partial charge in [0.15, 0.2) is 5.82 Å². The molecule has 1 saturated heterocycles. The van der Waals surface area contributed by atoms with Gasteiger partial charge in [-0.05, 0) is 74.0 Å². The van der Waals surface area contributed by atoms with Crippen molar-refractivity contribution >= 4 is 33.1 Å². The highest BCUT2D eigenvalue weighted by molar-refractivity contribution is 7.22. The van der Waals surface area contributed by atoms with Gasteiger partial charge in [0.2, 0.25) is 0 Å². The Labute approximate surface area is 219 Å². The minimum absolute atomic E-state index is 0.475. The lowest BCUT2D eigenvalue weighted by Gasteiger charge is -2.11. The van der Waals surface area contributed by atoms with E-state index in [1.807, 2.05) is 48.5 Å². The molecule has 1 N–H and O–H groups in total. The van der Waals surface area contributed by atoms with E-state index in [1.54, 1.807) is 24.8 Å². The molecule has 0 unspecified atom stereocenters. The first kappa shape index (κ1) is 23.5. The SMILES string of the molecule is COc1ccc(COc2cccc(Nc3ncnc4cc(-c5ccc(CN6CCCC6)o5)sc34)c2)cc1. The molecule has 5 aromatic rings. The highest BCUT2D eigenvalue weighted by atomic mass is 32.1. The zero-order valence-electron chi connectivity index (χ0n) is 20.6. The summed E-state index contributed by atoms with van der Waals surface area (Å²) in [6, 6.07) is 22.0. The summed E-state index contributed by atoms with van der Waals surface area (Å²) in [5, 5.41) is 3.44. The zero-order valence-corrected chi connectivity index (χ0v) is 21.5. The third-order valence-electron chi connectivity index (χ3n) is 6.46. The summed E-state index contributed by atoms with van der Waals surface area (Å²) in [6.45, 7) is 3.64. The highest BCUT2D eigenvalue weighted by Crippen LogP contribution is 2.37. The number of hydrogen-bond acceptors (Lipinski definition) is 8. The van der Waals surface area contributed by atoms with Gasteiger partial charge in [0.25, 0.3) is 0 Å². The molecule has 6 rings (SSSR count). The molecule has 37 heavy (non-hydrogen) atoms. The Bertz CT molecular complexity index is 1490. The number of anilines is 2. The third-order valence-corrected chi connectivity index (χ3v) is 7.60. The van der Waals surface area contributed by atoms with Gasteiger partial charge in [-0.2, -0.15) is 0 Å². The van der Waals surface area contributed by atoms with Crippen molar-refractivity contribution < 1.29 is 13.9 Å². The Kier molecular flexibility index (Phi) is 6.75. The molecule has 2 aromatic carbocycles. The van der Waals surface area contributed by atoms with E-state index in [1.165, 1.54) is 12.8 Å². The third kappa shape index (κ3) is 5.45. The number of furan rings is 1. The number of hydrogen-bond donors (Lipinski definition) is 1. The topological polar surface area (TPSA) is 72.7 Å². The summed E-state index contributed by atoms with van der Waals surface area (Å²) in [5.74, 6) is 4.25. The van der Waals surface area contributed by atoms with E-state index in [-0.39, 0.29) is 0 Å². The van der Waals surface area contributed by atoms with Gasteiger partial charge in [-0.3, -0.25) is 4.90 Å². The Morgan fingerprint density at radius 1 is 0.973 bits per heavy atom. The van der Waals surface area contributed by atoms with E-state index in [0.717, 1.165) is 74.8 Å². The fourth-order valence-electron chi connectivity index (χ4n) is 4.51. The van der Waals surface area contributed by atoms with Gasteiger partial charge in [-0.25, -0.2) is 9.97 Å². The maximum atomic E-state index is 6.19. The van der Waals surface area contributed by atoms with Crippen LogP contribution in [0.15, 0.2) is 77.5 Å². The van der Waals surface area contributed by atoms with Crippen LogP contribution in [0.3, 0.4) is 0 Å². The molecule has 0 spiro atoms. The molecule has 188 valence electrons. The maximum Gasteiger partial charge on any atom is 0.151 e. The zero-order chi connectivity index (χ0) is 25.0. The summed E-state index contributed by atoms with van der Waals surface area (Å²) in [4.78, 5) is 12.5. The van der Waals surface area contributed by atoms with Gasteiger partial charge in [0.05, 0.1) is 28.7 Å². The summed E-state index contributed by atoms with van der Waals surface area (Å²) in [6.07, 6.45) is 4.14. The van der Waals surface area contributed by atoms with Crippen molar-refractivity contribution in [3.63, 3.8) is 0 Å². The van der Waals surface area contributed by atoms with E-state index >= 15 is 0 Å². The highest BCUT2D eigenvalue weighted by Gasteiger charge is 2.16. The van der Waals surface area contributed by atoms with Gasteiger partial charge in [-0.1, -0.05) is 18.2 Å². The van der Waals surface area contributed by atoms with Crippen molar-refractivity contribution in [2.75, 3.05) is 25.5 Å². The van der Waals surface area contributed by atoms with E-state index < -0.39 is 0 Å².